The van der Waals surface area contributed by atoms with Crippen molar-refractivity contribution < 1.29 is 9.90 Å². The van der Waals surface area contributed by atoms with Crippen molar-refractivity contribution in [1.82, 2.24) is 14.9 Å². The van der Waals surface area contributed by atoms with Gasteiger partial charge >= 0.3 is 0 Å². The van der Waals surface area contributed by atoms with Gasteiger partial charge in [0.2, 0.25) is 0 Å². The Morgan fingerprint density at radius 2 is 1.92 bits per heavy atom. The van der Waals surface area contributed by atoms with Gasteiger partial charge in [-0.2, -0.15) is 0 Å². The Morgan fingerprint density at radius 3 is 2.75 bits per heavy atom. The van der Waals surface area contributed by atoms with Crippen LogP contribution in [0, 0.1) is 0 Å². The molecular formula is C18H17N3O3. The maximum absolute atomic E-state index is 12.2. The molecule has 0 bridgehead atoms. The predicted molar refractivity (Wildman–Crippen MR) is 90.8 cm³/mol. The van der Waals surface area contributed by atoms with E-state index in [1.807, 2.05) is 30.3 Å². The van der Waals surface area contributed by atoms with Gasteiger partial charge in [0.1, 0.15) is 5.69 Å². The van der Waals surface area contributed by atoms with Gasteiger partial charge in [0.05, 0.1) is 18.2 Å². The summed E-state index contributed by atoms with van der Waals surface area (Å²) in [5.74, 6) is -0.361. The van der Waals surface area contributed by atoms with E-state index in [-0.39, 0.29) is 30.2 Å². The maximum Gasteiger partial charge on any atom is 0.269 e. The molecule has 6 nitrogen and oxygen atoms in total. The van der Waals surface area contributed by atoms with Crippen LogP contribution >= 0.6 is 0 Å². The zero-order valence-electron chi connectivity index (χ0n) is 12.9. The van der Waals surface area contributed by atoms with Crippen LogP contribution in [0.3, 0.4) is 0 Å². The Kier molecular flexibility index (Phi) is 4.67. The second-order valence-corrected chi connectivity index (χ2v) is 5.44. The summed E-state index contributed by atoms with van der Waals surface area (Å²) in [4.78, 5) is 28.1. The van der Waals surface area contributed by atoms with Crippen molar-refractivity contribution in [3.05, 3.63) is 76.8 Å². The summed E-state index contributed by atoms with van der Waals surface area (Å²) in [5.41, 5.74) is 0.832. The lowest BCUT2D eigenvalue weighted by atomic mass is 10.2. The lowest BCUT2D eigenvalue weighted by molar-refractivity contribution is 0.0898. The molecule has 3 aromatic rings. The summed E-state index contributed by atoms with van der Waals surface area (Å²) in [6.07, 6.45) is 0.729. The van der Waals surface area contributed by atoms with Crippen LogP contribution in [-0.2, 0) is 6.54 Å². The van der Waals surface area contributed by atoms with Crippen LogP contribution in [-0.4, -0.2) is 33.2 Å². The standard InChI is InChI=1S/C18H17N3O3/c22-14(12-21-10-4-3-7-17(21)23)11-19-18(24)16-9-8-13-5-1-2-6-15(13)20-16/h1-10,14,22H,11-12H2,(H,19,24). The first-order valence-electron chi connectivity index (χ1n) is 7.61. The van der Waals surface area contributed by atoms with Gasteiger partial charge in [0, 0.05) is 24.2 Å². The Bertz CT molecular complexity index is 920. The average Bonchev–Trinajstić information content (AvgIpc) is 2.61. The number of carbonyl (C=O) groups is 1. The first-order chi connectivity index (χ1) is 11.6. The highest BCUT2D eigenvalue weighted by Gasteiger charge is 2.11. The number of amides is 1. The minimum absolute atomic E-state index is 0.0364. The fourth-order valence-corrected chi connectivity index (χ4v) is 2.40. The monoisotopic (exact) mass is 323 g/mol. The van der Waals surface area contributed by atoms with E-state index >= 15 is 0 Å². The van der Waals surface area contributed by atoms with Crippen molar-refractivity contribution >= 4 is 16.8 Å². The number of aliphatic hydroxyl groups is 1. The normalized spacial score (nSPS) is 12.0. The molecule has 2 N–H and O–H groups in total. The van der Waals surface area contributed by atoms with E-state index in [2.05, 4.69) is 10.3 Å². The average molecular weight is 323 g/mol. The van der Waals surface area contributed by atoms with Crippen LogP contribution in [0.2, 0.25) is 0 Å². The number of benzene rings is 1. The topological polar surface area (TPSA) is 84.2 Å². The summed E-state index contributed by atoms with van der Waals surface area (Å²) < 4.78 is 1.39. The van der Waals surface area contributed by atoms with E-state index in [4.69, 9.17) is 0 Å². The number of aliphatic hydroxyl groups excluding tert-OH is 1. The largest absolute Gasteiger partial charge is 0.389 e. The Balaban J connectivity index is 1.62. The van der Waals surface area contributed by atoms with Crippen LogP contribution in [0.1, 0.15) is 10.5 Å². The lowest BCUT2D eigenvalue weighted by Crippen LogP contribution is -2.36. The third-order valence-electron chi connectivity index (χ3n) is 3.64. The fraction of sp³-hybridized carbons (Fsp3) is 0.167. The van der Waals surface area contributed by atoms with Crippen LogP contribution in [0.4, 0.5) is 0 Å². The maximum atomic E-state index is 12.2. The van der Waals surface area contributed by atoms with Gasteiger partial charge in [-0.05, 0) is 18.2 Å². The number of hydrogen-bond acceptors (Lipinski definition) is 4. The quantitative estimate of drug-likeness (QED) is 0.739. The molecule has 1 unspecified atom stereocenters. The molecule has 0 aliphatic heterocycles. The molecule has 0 aliphatic rings. The minimum Gasteiger partial charge on any atom is -0.389 e. The van der Waals surface area contributed by atoms with Crippen molar-refractivity contribution in [2.75, 3.05) is 6.54 Å². The molecule has 24 heavy (non-hydrogen) atoms. The molecule has 0 saturated carbocycles. The molecule has 6 heteroatoms. The van der Waals surface area contributed by atoms with E-state index < -0.39 is 6.10 Å². The molecule has 122 valence electrons. The Morgan fingerprint density at radius 1 is 1.12 bits per heavy atom. The summed E-state index contributed by atoms with van der Waals surface area (Å²) in [6, 6.07) is 15.8. The molecule has 2 aromatic heterocycles. The second kappa shape index (κ2) is 7.06. The van der Waals surface area contributed by atoms with E-state index in [0.717, 1.165) is 10.9 Å². The lowest BCUT2D eigenvalue weighted by Gasteiger charge is -2.13. The molecular weight excluding hydrogens is 306 g/mol. The van der Waals surface area contributed by atoms with Crippen molar-refractivity contribution in [2.24, 2.45) is 0 Å². The molecule has 1 atom stereocenters. The van der Waals surface area contributed by atoms with E-state index in [0.29, 0.717) is 0 Å². The smallest absolute Gasteiger partial charge is 0.269 e. The first kappa shape index (κ1) is 15.9. The van der Waals surface area contributed by atoms with E-state index in [1.54, 1.807) is 24.4 Å². The van der Waals surface area contributed by atoms with Crippen LogP contribution in [0.15, 0.2) is 65.6 Å². The number of aromatic nitrogens is 2. The molecule has 1 aromatic carbocycles. The van der Waals surface area contributed by atoms with Crippen LogP contribution < -0.4 is 10.9 Å². The second-order valence-electron chi connectivity index (χ2n) is 5.44. The Labute approximate surface area is 138 Å². The van der Waals surface area contributed by atoms with Gasteiger partial charge in [0.15, 0.2) is 0 Å². The highest BCUT2D eigenvalue weighted by atomic mass is 16.3. The summed E-state index contributed by atoms with van der Waals surface area (Å²) in [7, 11) is 0. The van der Waals surface area contributed by atoms with E-state index in [1.165, 1.54) is 10.6 Å². The SMILES string of the molecule is O=C(NCC(O)Cn1ccccc1=O)c1ccc2ccccc2n1. The van der Waals surface area contributed by atoms with Gasteiger partial charge in [-0.15, -0.1) is 0 Å². The van der Waals surface area contributed by atoms with Crippen molar-refractivity contribution in [3.63, 3.8) is 0 Å². The third-order valence-corrected chi connectivity index (χ3v) is 3.64. The van der Waals surface area contributed by atoms with Crippen molar-refractivity contribution in [2.45, 2.75) is 12.6 Å². The molecule has 0 radical (unpaired) electrons. The highest BCUT2D eigenvalue weighted by Crippen LogP contribution is 2.11. The number of pyridine rings is 2. The predicted octanol–water partition coefficient (Wildman–Crippen LogP) is 1.19. The number of para-hydroxylation sites is 1. The molecule has 0 spiro atoms. The number of hydrogen-bond donors (Lipinski definition) is 2. The zero-order chi connectivity index (χ0) is 16.9. The summed E-state index contributed by atoms with van der Waals surface area (Å²) in [6.45, 7) is 0.153. The van der Waals surface area contributed by atoms with Gasteiger partial charge < -0.3 is 15.0 Å². The van der Waals surface area contributed by atoms with Gasteiger partial charge in [0.25, 0.3) is 11.5 Å². The Hall–Kier alpha value is -2.99. The summed E-state index contributed by atoms with van der Waals surface area (Å²) >= 11 is 0. The molecule has 1 amide bonds. The van der Waals surface area contributed by atoms with Crippen molar-refractivity contribution in [1.29, 1.82) is 0 Å². The van der Waals surface area contributed by atoms with Crippen molar-refractivity contribution in [3.8, 4) is 0 Å². The molecule has 0 saturated heterocycles. The molecule has 3 rings (SSSR count). The van der Waals surface area contributed by atoms with Crippen LogP contribution in [0.25, 0.3) is 10.9 Å². The summed E-state index contributed by atoms with van der Waals surface area (Å²) in [5, 5.41) is 13.6. The number of carbonyl (C=O) groups excluding carboxylic acids is 1. The number of fused-ring (bicyclic) bond motifs is 1. The molecule has 2 heterocycles. The number of rotatable bonds is 5. The fourth-order valence-electron chi connectivity index (χ4n) is 2.40. The van der Waals surface area contributed by atoms with Gasteiger partial charge in [-0.25, -0.2) is 4.98 Å². The van der Waals surface area contributed by atoms with Crippen LogP contribution in [0.5, 0.6) is 0 Å². The third kappa shape index (κ3) is 3.67. The zero-order valence-corrected chi connectivity index (χ0v) is 12.9. The van der Waals surface area contributed by atoms with E-state index in [9.17, 15) is 14.7 Å². The number of nitrogens with one attached hydrogen (secondary N) is 1. The number of nitrogens with zero attached hydrogens (tertiary/aromatic N) is 2. The van der Waals surface area contributed by atoms with Gasteiger partial charge in [-0.3, -0.25) is 9.59 Å². The first-order valence-corrected chi connectivity index (χ1v) is 7.61. The highest BCUT2D eigenvalue weighted by molar-refractivity contribution is 5.94. The molecule has 0 aliphatic carbocycles. The van der Waals surface area contributed by atoms with Gasteiger partial charge in [-0.1, -0.05) is 30.3 Å². The minimum atomic E-state index is -0.866. The molecule has 0 fully saturated rings.